The summed E-state index contributed by atoms with van der Waals surface area (Å²) in [6.45, 7) is 3.94. The summed E-state index contributed by atoms with van der Waals surface area (Å²) in [6.07, 6.45) is 0.419. The molecule has 2 N–H and O–H groups in total. The molecule has 0 atom stereocenters. The molecule has 25 heavy (non-hydrogen) atoms. The van der Waals surface area contributed by atoms with Crippen molar-refractivity contribution in [2.45, 2.75) is 20.3 Å². The predicted octanol–water partition coefficient (Wildman–Crippen LogP) is 3.16. The van der Waals surface area contributed by atoms with Gasteiger partial charge in [-0.25, -0.2) is 4.79 Å². The van der Waals surface area contributed by atoms with E-state index in [4.69, 9.17) is 4.74 Å². The lowest BCUT2D eigenvalue weighted by Crippen LogP contribution is -2.15. The number of carbonyl (C=O) groups excluding carboxylic acids is 2. The minimum absolute atomic E-state index is 0.0899. The monoisotopic (exact) mass is 338 g/mol. The van der Waals surface area contributed by atoms with Crippen LogP contribution in [0, 0.1) is 5.92 Å². The number of hydrogen-bond acceptors (Lipinski definition) is 5. The molecule has 0 saturated heterocycles. The molecule has 0 aliphatic carbocycles. The van der Waals surface area contributed by atoms with E-state index in [0.717, 1.165) is 0 Å². The Labute approximate surface area is 144 Å². The molecule has 128 valence electrons. The average Bonchev–Trinajstić information content (AvgIpc) is 3.04. The zero-order valence-electron chi connectivity index (χ0n) is 13.9. The van der Waals surface area contributed by atoms with E-state index in [0.29, 0.717) is 34.5 Å². The zero-order chi connectivity index (χ0) is 17.8. The van der Waals surface area contributed by atoms with Crippen LogP contribution in [0.2, 0.25) is 0 Å². The minimum atomic E-state index is -0.532. The first kappa shape index (κ1) is 16.6. The Hall–Kier alpha value is -3.22. The Morgan fingerprint density at radius 3 is 2.80 bits per heavy atom. The van der Waals surface area contributed by atoms with Gasteiger partial charge in [0.2, 0.25) is 5.91 Å². The molecule has 0 spiro atoms. The van der Waals surface area contributed by atoms with E-state index >= 15 is 0 Å². The lowest BCUT2D eigenvalue weighted by molar-refractivity contribution is -0.116. The highest BCUT2D eigenvalue weighted by molar-refractivity contribution is 5.96. The molecule has 0 fully saturated rings. The molecular weight excluding hydrogens is 320 g/mol. The Kier molecular flexibility index (Phi) is 4.74. The van der Waals surface area contributed by atoms with E-state index in [1.165, 1.54) is 0 Å². The highest BCUT2D eigenvalue weighted by Gasteiger charge is 2.14. The third-order valence-electron chi connectivity index (χ3n) is 3.50. The lowest BCUT2D eigenvalue weighted by Gasteiger charge is -2.09. The first-order valence-corrected chi connectivity index (χ1v) is 7.95. The number of hydrogen-bond donors (Lipinski definition) is 2. The molecule has 0 saturated carbocycles. The van der Waals surface area contributed by atoms with Crippen LogP contribution < -0.4 is 10.1 Å². The number of rotatable bonds is 5. The molecule has 3 aromatic rings. The molecule has 3 rings (SSSR count). The molecule has 7 heteroatoms. The number of ether oxygens (including phenoxy) is 1. The zero-order valence-corrected chi connectivity index (χ0v) is 13.9. The molecule has 7 nitrogen and oxygen atoms in total. The number of fused-ring (bicyclic) bond motifs is 1. The Morgan fingerprint density at radius 2 is 2.00 bits per heavy atom. The van der Waals surface area contributed by atoms with Crippen molar-refractivity contribution in [1.29, 1.82) is 0 Å². The van der Waals surface area contributed by atoms with E-state index in [-0.39, 0.29) is 11.8 Å². The second-order valence-electron chi connectivity index (χ2n) is 6.08. The van der Waals surface area contributed by atoms with Gasteiger partial charge in [-0.05, 0) is 36.2 Å². The highest BCUT2D eigenvalue weighted by atomic mass is 16.5. The van der Waals surface area contributed by atoms with Crippen molar-refractivity contribution in [3.63, 3.8) is 0 Å². The molecule has 1 heterocycles. The van der Waals surface area contributed by atoms with Gasteiger partial charge in [0.25, 0.3) is 0 Å². The van der Waals surface area contributed by atoms with Gasteiger partial charge in [0.15, 0.2) is 11.3 Å². The number of aromatic nitrogens is 3. The van der Waals surface area contributed by atoms with Gasteiger partial charge in [-0.15, -0.1) is 5.10 Å². The van der Waals surface area contributed by atoms with Crippen LogP contribution in [-0.4, -0.2) is 27.3 Å². The summed E-state index contributed by atoms with van der Waals surface area (Å²) in [5, 5.41) is 13.1. The van der Waals surface area contributed by atoms with E-state index in [1.54, 1.807) is 42.5 Å². The number of carbonyl (C=O) groups is 2. The fourth-order valence-corrected chi connectivity index (χ4v) is 2.39. The van der Waals surface area contributed by atoms with E-state index < -0.39 is 5.97 Å². The van der Waals surface area contributed by atoms with Crippen molar-refractivity contribution in [2.24, 2.45) is 5.92 Å². The van der Waals surface area contributed by atoms with E-state index in [9.17, 15) is 9.59 Å². The summed E-state index contributed by atoms with van der Waals surface area (Å²) < 4.78 is 5.42. The largest absolute Gasteiger partial charge is 0.420 e. The van der Waals surface area contributed by atoms with Crippen LogP contribution in [0.3, 0.4) is 0 Å². The second kappa shape index (κ2) is 7.12. The molecule has 1 aromatic heterocycles. The van der Waals surface area contributed by atoms with E-state index in [2.05, 4.69) is 20.7 Å². The van der Waals surface area contributed by atoms with Gasteiger partial charge in [0, 0.05) is 12.1 Å². The van der Waals surface area contributed by atoms with E-state index in [1.807, 2.05) is 13.8 Å². The number of aromatic amines is 1. The van der Waals surface area contributed by atoms with Gasteiger partial charge in [-0.1, -0.05) is 31.2 Å². The number of anilines is 1. The quantitative estimate of drug-likeness (QED) is 0.550. The summed E-state index contributed by atoms with van der Waals surface area (Å²) >= 11 is 0. The minimum Gasteiger partial charge on any atom is -0.420 e. The van der Waals surface area contributed by atoms with Crippen molar-refractivity contribution < 1.29 is 14.3 Å². The fourth-order valence-electron chi connectivity index (χ4n) is 2.39. The topological polar surface area (TPSA) is 97.0 Å². The number of nitrogens with one attached hydrogen (secondary N) is 2. The normalized spacial score (nSPS) is 10.8. The standard InChI is InChI=1S/C18H18N4O3/c1-11(2)9-16(23)19-13-6-3-5-12(10-13)18(24)25-15-8-4-7-14-17(15)21-22-20-14/h3-8,10-11H,9H2,1-2H3,(H,19,23)(H,20,21,22). The second-order valence-corrected chi connectivity index (χ2v) is 6.08. The maximum Gasteiger partial charge on any atom is 0.343 e. The van der Waals surface area contributed by atoms with Crippen molar-refractivity contribution in [3.05, 3.63) is 48.0 Å². The molecule has 0 radical (unpaired) electrons. The molecule has 0 bridgehead atoms. The van der Waals surface area contributed by atoms with Crippen molar-refractivity contribution in [2.75, 3.05) is 5.32 Å². The Morgan fingerprint density at radius 1 is 1.20 bits per heavy atom. The summed E-state index contributed by atoms with van der Waals surface area (Å²) in [5.41, 5.74) is 2.06. The van der Waals surface area contributed by atoms with Gasteiger partial charge in [0.1, 0.15) is 0 Å². The van der Waals surface area contributed by atoms with Crippen LogP contribution in [-0.2, 0) is 4.79 Å². The summed E-state index contributed by atoms with van der Waals surface area (Å²) in [6, 6.07) is 11.8. The maximum absolute atomic E-state index is 12.4. The van der Waals surface area contributed by atoms with Crippen LogP contribution >= 0.6 is 0 Å². The van der Waals surface area contributed by atoms with Crippen molar-refractivity contribution >= 4 is 28.6 Å². The summed E-state index contributed by atoms with van der Waals surface area (Å²) in [5.74, 6) is -0.0371. The number of amides is 1. The SMILES string of the molecule is CC(C)CC(=O)Nc1cccc(C(=O)Oc2cccc3[nH]nnc23)c1. The van der Waals surface area contributed by atoms with Gasteiger partial charge in [-0.3, -0.25) is 9.89 Å². The Balaban J connectivity index is 1.75. The molecule has 1 amide bonds. The average molecular weight is 338 g/mol. The van der Waals surface area contributed by atoms with Crippen LogP contribution in [0.1, 0.15) is 30.6 Å². The first-order valence-electron chi connectivity index (χ1n) is 7.95. The molecule has 2 aromatic carbocycles. The Bertz CT molecular complexity index is 917. The fraction of sp³-hybridized carbons (Fsp3) is 0.222. The van der Waals surface area contributed by atoms with Gasteiger partial charge in [0.05, 0.1) is 11.1 Å². The van der Waals surface area contributed by atoms with Gasteiger partial charge < -0.3 is 10.1 Å². The highest BCUT2D eigenvalue weighted by Crippen LogP contribution is 2.23. The smallest absolute Gasteiger partial charge is 0.343 e. The molecule has 0 aliphatic heterocycles. The maximum atomic E-state index is 12.4. The first-order chi connectivity index (χ1) is 12.0. The number of H-pyrrole nitrogens is 1. The van der Waals surface area contributed by atoms with Gasteiger partial charge in [-0.2, -0.15) is 0 Å². The van der Waals surface area contributed by atoms with Crippen LogP contribution in [0.4, 0.5) is 5.69 Å². The number of benzene rings is 2. The molecule has 0 aliphatic rings. The lowest BCUT2D eigenvalue weighted by atomic mass is 10.1. The van der Waals surface area contributed by atoms with Crippen LogP contribution in [0.5, 0.6) is 5.75 Å². The third kappa shape index (κ3) is 4.00. The summed E-state index contributed by atoms with van der Waals surface area (Å²) in [4.78, 5) is 24.3. The predicted molar refractivity (Wildman–Crippen MR) is 93.4 cm³/mol. The van der Waals surface area contributed by atoms with Crippen molar-refractivity contribution in [3.8, 4) is 5.75 Å². The number of esters is 1. The summed E-state index contributed by atoms with van der Waals surface area (Å²) in [7, 11) is 0. The number of nitrogens with zero attached hydrogens (tertiary/aromatic N) is 2. The van der Waals surface area contributed by atoms with Gasteiger partial charge >= 0.3 is 5.97 Å². The molecular formula is C18H18N4O3. The van der Waals surface area contributed by atoms with Crippen molar-refractivity contribution in [1.82, 2.24) is 15.4 Å². The molecule has 0 unspecified atom stereocenters. The third-order valence-corrected chi connectivity index (χ3v) is 3.50. The van der Waals surface area contributed by atoms with Crippen LogP contribution in [0.25, 0.3) is 11.0 Å². The van der Waals surface area contributed by atoms with Crippen LogP contribution in [0.15, 0.2) is 42.5 Å².